The van der Waals surface area contributed by atoms with Crippen LogP contribution in [0.4, 0.5) is 0 Å². The maximum atomic E-state index is 12.5. The van der Waals surface area contributed by atoms with Crippen molar-refractivity contribution in [2.75, 3.05) is 13.2 Å². The second-order valence-corrected chi connectivity index (χ2v) is 16.8. The van der Waals surface area contributed by atoms with Crippen molar-refractivity contribution in [3.63, 3.8) is 0 Å². The molecule has 8 rings (SSSR count). The minimum atomic E-state index is -1.43. The van der Waals surface area contributed by atoms with Gasteiger partial charge in [-0.2, -0.15) is 0 Å². The van der Waals surface area contributed by atoms with Crippen LogP contribution in [-0.2, 0) is 91.8 Å². The molecule has 0 saturated carbocycles. The van der Waals surface area contributed by atoms with Crippen LogP contribution >= 0.6 is 0 Å². The molecule has 68 heavy (non-hydrogen) atoms. The molecule has 12 nitrogen and oxygen atoms in total. The van der Waals surface area contributed by atoms with Crippen LogP contribution in [0, 0.1) is 0 Å². The van der Waals surface area contributed by atoms with Gasteiger partial charge in [-0.15, -0.1) is 0 Å². The molecular formula is C56H60O12. The zero-order valence-electron chi connectivity index (χ0n) is 38.2. The standard InChI is InChI=1S/C56H60O12/c1-40(57)60-39-48-49(61-33-42-22-10-3-11-23-42)51(62-34-43-24-12-4-13-25-43)54(65-37-46-30-18-7-19-31-46)56(67-48)68-50-47(38-59-32-41-20-8-2-9-21-41)66-55(58)53(64-36-45-28-16-6-17-29-45)52(50)63-35-44-26-14-5-15-27-44/h2-31,47-56,58H,32-39H2,1H3/t47-,48-,49-,50-,51+,52+,53-,54-,55-,56+/m1/s1. The molecule has 2 saturated heterocycles. The fraction of sp³-hybridized carbons (Fsp3) is 0.339. The van der Waals surface area contributed by atoms with E-state index < -0.39 is 67.4 Å². The van der Waals surface area contributed by atoms with Gasteiger partial charge in [0.1, 0.15) is 55.4 Å². The number of rotatable bonds is 23. The Morgan fingerprint density at radius 2 is 0.750 bits per heavy atom. The third kappa shape index (κ3) is 14.2. The van der Waals surface area contributed by atoms with Crippen molar-refractivity contribution in [2.24, 2.45) is 0 Å². The molecule has 6 aromatic rings. The van der Waals surface area contributed by atoms with Gasteiger partial charge in [0.2, 0.25) is 0 Å². The minimum absolute atomic E-state index is 0.00308. The van der Waals surface area contributed by atoms with Gasteiger partial charge in [-0.3, -0.25) is 4.79 Å². The monoisotopic (exact) mass is 924 g/mol. The van der Waals surface area contributed by atoms with E-state index in [9.17, 15) is 9.90 Å². The third-order valence-electron chi connectivity index (χ3n) is 11.8. The fourth-order valence-corrected chi connectivity index (χ4v) is 8.31. The number of aliphatic hydroxyl groups is 1. The first-order chi connectivity index (χ1) is 33.5. The summed E-state index contributed by atoms with van der Waals surface area (Å²) >= 11 is 0. The van der Waals surface area contributed by atoms with Crippen LogP contribution in [0.15, 0.2) is 182 Å². The summed E-state index contributed by atoms with van der Waals surface area (Å²) in [6.07, 6.45) is -10.1. The molecule has 2 aliphatic heterocycles. The SMILES string of the molecule is CC(=O)OC[C@H]1O[C@@H](O[C@H]2[C@H](OCc3ccccc3)[C@@H](OCc3ccccc3)[C@H](O)O[C@@H]2COCc2ccccc2)[C@H](OCc2ccccc2)[C@@H](OCc2ccccc2)[C@@H]1OCc1ccccc1. The largest absolute Gasteiger partial charge is 0.463 e. The first-order valence-corrected chi connectivity index (χ1v) is 23.1. The van der Waals surface area contributed by atoms with Gasteiger partial charge >= 0.3 is 5.97 Å². The highest BCUT2D eigenvalue weighted by atomic mass is 16.8. The van der Waals surface area contributed by atoms with Crippen LogP contribution in [0.25, 0.3) is 0 Å². The Hall–Kier alpha value is -5.61. The second-order valence-electron chi connectivity index (χ2n) is 16.8. The molecule has 0 unspecified atom stereocenters. The maximum absolute atomic E-state index is 12.5. The van der Waals surface area contributed by atoms with Gasteiger partial charge in [0.15, 0.2) is 12.6 Å². The molecule has 12 heteroatoms. The Morgan fingerprint density at radius 1 is 0.412 bits per heavy atom. The molecule has 0 radical (unpaired) electrons. The Bertz CT molecular complexity index is 2330. The number of carbonyl (C=O) groups is 1. The van der Waals surface area contributed by atoms with Crippen molar-refractivity contribution in [2.45, 2.75) is 108 Å². The first kappa shape index (κ1) is 48.8. The van der Waals surface area contributed by atoms with Crippen LogP contribution in [-0.4, -0.2) is 85.7 Å². The Morgan fingerprint density at radius 3 is 1.16 bits per heavy atom. The molecule has 10 atom stereocenters. The predicted molar refractivity (Wildman–Crippen MR) is 252 cm³/mol. The van der Waals surface area contributed by atoms with Crippen molar-refractivity contribution < 1.29 is 57.3 Å². The predicted octanol–water partition coefficient (Wildman–Crippen LogP) is 8.52. The van der Waals surface area contributed by atoms with Crippen molar-refractivity contribution in [1.82, 2.24) is 0 Å². The third-order valence-corrected chi connectivity index (χ3v) is 11.8. The summed E-state index contributed by atoms with van der Waals surface area (Å²) in [5.74, 6) is -0.491. The van der Waals surface area contributed by atoms with E-state index in [0.717, 1.165) is 33.4 Å². The highest BCUT2D eigenvalue weighted by Crippen LogP contribution is 2.36. The number of aliphatic hydroxyl groups excluding tert-OH is 1. The van der Waals surface area contributed by atoms with E-state index in [0.29, 0.717) is 0 Å². The van der Waals surface area contributed by atoms with Crippen LogP contribution in [0.1, 0.15) is 40.3 Å². The summed E-state index contributed by atoms with van der Waals surface area (Å²) in [6.45, 7) is 2.33. The second kappa shape index (κ2) is 25.7. The summed E-state index contributed by atoms with van der Waals surface area (Å²) in [5.41, 5.74) is 5.52. The van der Waals surface area contributed by atoms with Gasteiger partial charge in [-0.05, 0) is 33.4 Å². The summed E-state index contributed by atoms with van der Waals surface area (Å²) in [7, 11) is 0. The molecule has 356 valence electrons. The number of hydrogen-bond acceptors (Lipinski definition) is 12. The topological polar surface area (TPSA) is 130 Å². The van der Waals surface area contributed by atoms with Crippen LogP contribution in [0.5, 0.6) is 0 Å². The average molecular weight is 925 g/mol. The number of benzene rings is 6. The molecule has 0 bridgehead atoms. The molecule has 6 aromatic carbocycles. The van der Waals surface area contributed by atoms with Crippen LogP contribution in [0.2, 0.25) is 0 Å². The van der Waals surface area contributed by atoms with Gasteiger partial charge in [0, 0.05) is 6.92 Å². The van der Waals surface area contributed by atoms with Crippen molar-refractivity contribution >= 4 is 5.97 Å². The van der Waals surface area contributed by atoms with E-state index in [1.807, 2.05) is 182 Å². The summed E-state index contributed by atoms with van der Waals surface area (Å²) in [4.78, 5) is 12.5. The average Bonchev–Trinajstić information content (AvgIpc) is 3.38. The van der Waals surface area contributed by atoms with Gasteiger partial charge < -0.3 is 52.5 Å². The number of carbonyl (C=O) groups excluding carboxylic acids is 1. The normalized spacial score (nSPS) is 24.9. The lowest BCUT2D eigenvalue weighted by molar-refractivity contribution is -0.373. The van der Waals surface area contributed by atoms with Crippen LogP contribution in [0.3, 0.4) is 0 Å². The summed E-state index contributed by atoms with van der Waals surface area (Å²) < 4.78 is 66.7. The van der Waals surface area contributed by atoms with Crippen molar-refractivity contribution in [3.05, 3.63) is 215 Å². The molecular weight excluding hydrogens is 865 g/mol. The summed E-state index contributed by atoms with van der Waals surface area (Å²) in [5, 5.41) is 11.9. The van der Waals surface area contributed by atoms with E-state index in [-0.39, 0.29) is 52.9 Å². The van der Waals surface area contributed by atoms with Gasteiger partial charge in [0.05, 0.1) is 46.2 Å². The number of hydrogen-bond donors (Lipinski definition) is 1. The van der Waals surface area contributed by atoms with E-state index in [2.05, 4.69) is 0 Å². The van der Waals surface area contributed by atoms with E-state index >= 15 is 0 Å². The quantitative estimate of drug-likeness (QED) is 0.0619. The Labute approximate surface area is 398 Å². The van der Waals surface area contributed by atoms with Gasteiger partial charge in [0.25, 0.3) is 0 Å². The lowest BCUT2D eigenvalue weighted by atomic mass is 9.95. The van der Waals surface area contributed by atoms with Gasteiger partial charge in [-0.1, -0.05) is 182 Å². The zero-order chi connectivity index (χ0) is 46.8. The number of esters is 1. The van der Waals surface area contributed by atoms with E-state index in [4.69, 9.17) is 47.4 Å². The lowest BCUT2D eigenvalue weighted by Gasteiger charge is -2.49. The van der Waals surface area contributed by atoms with Crippen LogP contribution < -0.4 is 0 Å². The lowest BCUT2D eigenvalue weighted by Crippen LogP contribution is -2.66. The zero-order valence-corrected chi connectivity index (χ0v) is 38.2. The van der Waals surface area contributed by atoms with Crippen molar-refractivity contribution in [3.8, 4) is 0 Å². The Kier molecular flexibility index (Phi) is 18.4. The van der Waals surface area contributed by atoms with Crippen molar-refractivity contribution in [1.29, 1.82) is 0 Å². The molecule has 0 spiro atoms. The molecule has 1 N–H and O–H groups in total. The molecule has 0 aliphatic carbocycles. The molecule has 2 fully saturated rings. The Balaban J connectivity index is 1.18. The summed E-state index contributed by atoms with van der Waals surface area (Å²) in [6, 6.07) is 58.6. The first-order valence-electron chi connectivity index (χ1n) is 23.1. The maximum Gasteiger partial charge on any atom is 0.302 e. The molecule has 2 aliphatic rings. The highest BCUT2D eigenvalue weighted by Gasteiger charge is 2.54. The minimum Gasteiger partial charge on any atom is -0.463 e. The van der Waals surface area contributed by atoms with E-state index in [1.54, 1.807) is 0 Å². The van der Waals surface area contributed by atoms with E-state index in [1.165, 1.54) is 6.92 Å². The number of ether oxygens (including phenoxy) is 10. The highest BCUT2D eigenvalue weighted by molar-refractivity contribution is 5.65. The molecule has 0 amide bonds. The smallest absolute Gasteiger partial charge is 0.302 e. The fourth-order valence-electron chi connectivity index (χ4n) is 8.31. The molecule has 0 aromatic heterocycles. The van der Waals surface area contributed by atoms with Gasteiger partial charge in [-0.25, -0.2) is 0 Å². The molecule has 2 heterocycles.